The van der Waals surface area contributed by atoms with Crippen molar-refractivity contribution in [2.75, 3.05) is 36.9 Å². The van der Waals surface area contributed by atoms with Crippen LogP contribution in [0.5, 0.6) is 0 Å². The van der Waals surface area contributed by atoms with Gasteiger partial charge in [0.05, 0.1) is 45.2 Å². The minimum atomic E-state index is -3.54. The van der Waals surface area contributed by atoms with Crippen LogP contribution in [0.3, 0.4) is 0 Å². The third kappa shape index (κ3) is 16.6. The van der Waals surface area contributed by atoms with E-state index in [0.717, 1.165) is 46.1 Å². The number of aromatic nitrogens is 6. The van der Waals surface area contributed by atoms with Gasteiger partial charge in [-0.25, -0.2) is 9.97 Å². The van der Waals surface area contributed by atoms with E-state index in [1.807, 2.05) is 0 Å². The molecule has 3 N–H and O–H groups in total. The van der Waals surface area contributed by atoms with Crippen LogP contribution in [0.25, 0.3) is 0 Å². The third-order valence-corrected chi connectivity index (χ3v) is 6.95. The number of carbonyl (C=O) groups is 2. The Morgan fingerprint density at radius 2 is 1.29 bits per heavy atom. The summed E-state index contributed by atoms with van der Waals surface area (Å²) in [6.45, 7) is -1.62. The second-order valence-electron chi connectivity index (χ2n) is 9.97. The first kappa shape index (κ1) is 52.7. The van der Waals surface area contributed by atoms with E-state index in [1.165, 1.54) is 31.2 Å². The van der Waals surface area contributed by atoms with Crippen molar-refractivity contribution in [2.45, 2.75) is 31.9 Å². The summed E-state index contributed by atoms with van der Waals surface area (Å²) in [7, 11) is 0. The maximum atomic E-state index is 14.2. The molecule has 0 saturated heterocycles. The van der Waals surface area contributed by atoms with Gasteiger partial charge in [0.1, 0.15) is 16.9 Å². The van der Waals surface area contributed by atoms with E-state index in [0.29, 0.717) is 0 Å². The molecule has 0 atom stereocenters. The Kier molecular flexibility index (Phi) is 24.8. The van der Waals surface area contributed by atoms with Gasteiger partial charge in [0.25, 0.3) is 29.0 Å². The van der Waals surface area contributed by atoms with Crippen LogP contribution in [0.2, 0.25) is 10.3 Å². The summed E-state index contributed by atoms with van der Waals surface area (Å²) in [5, 5.41) is 44.6. The topological polar surface area (TPSA) is 244 Å². The van der Waals surface area contributed by atoms with E-state index >= 15 is 0 Å². The van der Waals surface area contributed by atoms with Gasteiger partial charge >= 0.3 is 121 Å². The third-order valence-electron chi connectivity index (χ3n) is 6.35. The Morgan fingerprint density at radius 1 is 0.891 bits per heavy atom. The zero-order valence-corrected chi connectivity index (χ0v) is 36.9. The molecular formula is C29H30Cl2F4K2N8O10. The summed E-state index contributed by atoms with van der Waals surface area (Å²) < 4.78 is 63.4. The van der Waals surface area contributed by atoms with Crippen LogP contribution >= 0.6 is 23.2 Å². The number of nitrogens with one attached hydrogen (secondary N) is 2. The smallest absolute Gasteiger partial charge is 1.00 e. The number of anilines is 2. The molecule has 0 aliphatic heterocycles. The second kappa shape index (κ2) is 25.8. The SMILES string of the molecule is CC(=O)OCCn1c(Cl)cnc(NCC(F)(F)c2cccc[n+]2[O-])c1=O.O=CO[O-].O=c1c(NCC(F)(F)c2cccc[n+]2[O-])ncc(Cl)n1CCO.[H-].[K+].[K+]. The molecule has 26 heteroatoms. The van der Waals surface area contributed by atoms with Gasteiger partial charge in [-0.15, -0.1) is 0 Å². The number of pyridine rings is 2. The largest absolute Gasteiger partial charge is 1.00 e. The summed E-state index contributed by atoms with van der Waals surface area (Å²) in [6.07, 6.45) is 4.12. The molecule has 0 saturated carbocycles. The van der Waals surface area contributed by atoms with E-state index in [1.54, 1.807) is 0 Å². The summed E-state index contributed by atoms with van der Waals surface area (Å²) in [6, 6.07) is 7.25. The van der Waals surface area contributed by atoms with Crippen LogP contribution in [0.4, 0.5) is 29.2 Å². The van der Waals surface area contributed by atoms with Gasteiger partial charge in [-0.3, -0.25) is 28.3 Å². The van der Waals surface area contributed by atoms with Gasteiger partial charge in [-0.1, -0.05) is 23.2 Å². The van der Waals surface area contributed by atoms with Crippen molar-refractivity contribution in [2.24, 2.45) is 0 Å². The number of aliphatic hydroxyl groups excluding tert-OH is 1. The Labute approximate surface area is 404 Å². The van der Waals surface area contributed by atoms with Crippen LogP contribution < -0.4 is 139 Å². The van der Waals surface area contributed by atoms with Crippen molar-refractivity contribution in [3.05, 3.63) is 114 Å². The molecule has 4 aromatic heterocycles. The Hall–Kier alpha value is -2.31. The van der Waals surface area contributed by atoms with E-state index in [9.17, 15) is 42.4 Å². The van der Waals surface area contributed by atoms with Crippen LogP contribution in [0.15, 0.2) is 70.8 Å². The zero-order valence-electron chi connectivity index (χ0n) is 30.2. The number of esters is 1. The number of rotatable bonds is 14. The molecule has 0 aliphatic carbocycles. The fourth-order valence-corrected chi connectivity index (χ4v) is 4.39. The Morgan fingerprint density at radius 3 is 1.64 bits per heavy atom. The van der Waals surface area contributed by atoms with Gasteiger partial charge < -0.3 is 42.5 Å². The molecule has 4 rings (SSSR count). The van der Waals surface area contributed by atoms with Crippen molar-refractivity contribution in [3.8, 4) is 0 Å². The Bertz CT molecular complexity index is 1980. The number of hydrogen-bond donors (Lipinski definition) is 3. The number of hydrogen-bond acceptors (Lipinski definition) is 14. The zero-order chi connectivity index (χ0) is 39.8. The minimum Gasteiger partial charge on any atom is -1.00 e. The Balaban J connectivity index is 0. The summed E-state index contributed by atoms with van der Waals surface area (Å²) in [5.74, 6) is -8.31. The van der Waals surface area contributed by atoms with Gasteiger partial charge in [-0.2, -0.15) is 27.0 Å². The first-order chi connectivity index (χ1) is 25.0. The van der Waals surface area contributed by atoms with Crippen LogP contribution in [0, 0.1) is 10.4 Å². The summed E-state index contributed by atoms with van der Waals surface area (Å²) in [5.41, 5.74) is -3.03. The minimum absolute atomic E-state index is 0. The summed E-state index contributed by atoms with van der Waals surface area (Å²) in [4.78, 5) is 53.7. The molecule has 0 fully saturated rings. The average molecular weight is 876 g/mol. The van der Waals surface area contributed by atoms with Crippen molar-refractivity contribution in [1.29, 1.82) is 0 Å². The molecule has 18 nitrogen and oxygen atoms in total. The average Bonchev–Trinajstić information content (AvgIpc) is 3.11. The van der Waals surface area contributed by atoms with Gasteiger partial charge in [0, 0.05) is 31.2 Å². The van der Waals surface area contributed by atoms with E-state index in [-0.39, 0.29) is 168 Å². The number of ether oxygens (including phenoxy) is 1. The van der Waals surface area contributed by atoms with Crippen molar-refractivity contribution in [1.82, 2.24) is 19.1 Å². The summed E-state index contributed by atoms with van der Waals surface area (Å²) >= 11 is 11.6. The molecule has 0 unspecified atom stereocenters. The first-order valence-corrected chi connectivity index (χ1v) is 15.3. The van der Waals surface area contributed by atoms with E-state index < -0.39 is 53.4 Å². The standard InChI is InChI=1S/C15H15ClF2N4O4.C13H13ClF2N4O3.CH2O3.2K.H/c1-10(23)26-7-6-21-12(16)8-19-13(14(21)24)20-9-15(17,18)11-4-2-3-5-22(11)25;14-10-7-17-11(12(22)19(10)5-6-21)18-8-13(15,16)9-3-1-2-4-20(9)23;2-1-4-3;;;/h2-5,8H,6-7,9H2,1H3,(H,19,20);1-4,7,21H,5-6,8H2,(H,17,18);1,3H;;;/q;;;2*+1;-1/p-1. The molecule has 4 aromatic rings. The van der Waals surface area contributed by atoms with Crippen molar-refractivity contribution < 1.29 is 161 Å². The molecule has 0 spiro atoms. The van der Waals surface area contributed by atoms with Crippen molar-refractivity contribution in [3.63, 3.8) is 0 Å². The molecular weight excluding hydrogens is 845 g/mol. The normalized spacial score (nSPS) is 10.5. The number of halogens is 6. The molecule has 0 radical (unpaired) electrons. The molecule has 290 valence electrons. The van der Waals surface area contributed by atoms with Crippen LogP contribution in [0.1, 0.15) is 19.7 Å². The fourth-order valence-electron chi connectivity index (χ4n) is 3.97. The van der Waals surface area contributed by atoms with Crippen molar-refractivity contribution >= 4 is 47.3 Å². The quantitative estimate of drug-likeness (QED) is 0.0157. The van der Waals surface area contributed by atoms with E-state index in [2.05, 4.69) is 25.5 Å². The maximum Gasteiger partial charge on any atom is 1.00 e. The first-order valence-electron chi connectivity index (χ1n) is 14.6. The second-order valence-corrected chi connectivity index (χ2v) is 10.7. The number of nitrogens with zero attached hydrogens (tertiary/aromatic N) is 6. The molecule has 0 aromatic carbocycles. The molecule has 55 heavy (non-hydrogen) atoms. The number of aliphatic hydroxyl groups is 1. The predicted octanol–water partition coefficient (Wildman–Crippen LogP) is -5.42. The van der Waals surface area contributed by atoms with Crippen LogP contribution in [-0.4, -0.2) is 63.0 Å². The molecule has 0 bridgehead atoms. The van der Waals surface area contributed by atoms with Gasteiger partial charge in [0.15, 0.2) is 24.0 Å². The van der Waals surface area contributed by atoms with Gasteiger partial charge in [0.2, 0.25) is 0 Å². The fraction of sp³-hybridized carbons (Fsp3) is 0.310. The predicted molar refractivity (Wildman–Crippen MR) is 175 cm³/mol. The monoisotopic (exact) mass is 874 g/mol. The number of carbonyl (C=O) groups excluding carboxylic acids is 2. The molecule has 0 aliphatic rings. The molecule has 0 amide bonds. The molecule has 4 heterocycles. The van der Waals surface area contributed by atoms with E-state index in [4.69, 9.17) is 43.1 Å². The number of alkyl halides is 4. The van der Waals surface area contributed by atoms with Crippen LogP contribution in [-0.2, 0) is 44.1 Å². The van der Waals surface area contributed by atoms with Gasteiger partial charge in [-0.05, 0) is 12.1 Å². The maximum absolute atomic E-state index is 14.2.